The van der Waals surface area contributed by atoms with Gasteiger partial charge in [-0.3, -0.25) is 19.7 Å². The summed E-state index contributed by atoms with van der Waals surface area (Å²) in [4.78, 5) is 35.6. The molecular formula is C12H13N3O3. The molecule has 0 aromatic heterocycles. The van der Waals surface area contributed by atoms with E-state index >= 15 is 0 Å². The van der Waals surface area contributed by atoms with Crippen molar-refractivity contribution in [1.29, 1.82) is 0 Å². The Kier molecular flexibility index (Phi) is 3.38. The molecule has 2 rings (SSSR count). The fourth-order valence-electron chi connectivity index (χ4n) is 1.79. The number of piperazine rings is 1. The summed E-state index contributed by atoms with van der Waals surface area (Å²) < 4.78 is 0. The van der Waals surface area contributed by atoms with E-state index in [-0.39, 0.29) is 13.1 Å². The van der Waals surface area contributed by atoms with Crippen LogP contribution in [0, 0.1) is 0 Å². The van der Waals surface area contributed by atoms with Crippen molar-refractivity contribution >= 4 is 17.7 Å². The molecule has 0 bridgehead atoms. The lowest BCUT2D eigenvalue weighted by molar-refractivity contribution is -0.146. The zero-order valence-electron chi connectivity index (χ0n) is 9.63. The maximum atomic E-state index is 12.1. The molecule has 6 nitrogen and oxygen atoms in total. The zero-order valence-corrected chi connectivity index (χ0v) is 9.63. The van der Waals surface area contributed by atoms with Crippen molar-refractivity contribution < 1.29 is 14.4 Å². The zero-order chi connectivity index (χ0) is 13.1. The van der Waals surface area contributed by atoms with Crippen LogP contribution in [0.25, 0.3) is 0 Å². The summed E-state index contributed by atoms with van der Waals surface area (Å²) in [6.45, 7) is -0.268. The second kappa shape index (κ2) is 4.97. The van der Waals surface area contributed by atoms with Crippen molar-refractivity contribution in [2.75, 3.05) is 13.1 Å². The van der Waals surface area contributed by atoms with Crippen molar-refractivity contribution in [2.24, 2.45) is 5.73 Å². The first kappa shape index (κ1) is 12.3. The second-order valence-electron chi connectivity index (χ2n) is 4.05. The summed E-state index contributed by atoms with van der Waals surface area (Å²) in [7, 11) is 0. The molecule has 6 heteroatoms. The third-order valence-corrected chi connectivity index (χ3v) is 2.68. The predicted octanol–water partition coefficient (Wildman–Crippen LogP) is -0.829. The number of amides is 3. The fourth-order valence-corrected chi connectivity index (χ4v) is 1.79. The molecule has 3 amide bonds. The van der Waals surface area contributed by atoms with Gasteiger partial charge in [-0.2, -0.15) is 0 Å². The van der Waals surface area contributed by atoms with E-state index in [1.807, 2.05) is 6.07 Å². The Labute approximate surface area is 104 Å². The molecule has 3 N–H and O–H groups in total. The van der Waals surface area contributed by atoms with Crippen molar-refractivity contribution in [3.63, 3.8) is 0 Å². The van der Waals surface area contributed by atoms with E-state index in [4.69, 9.17) is 5.73 Å². The first-order valence-electron chi connectivity index (χ1n) is 5.50. The van der Waals surface area contributed by atoms with Gasteiger partial charge in [0.15, 0.2) is 0 Å². The molecule has 1 aromatic rings. The molecule has 1 unspecified atom stereocenters. The highest BCUT2D eigenvalue weighted by molar-refractivity contribution is 6.03. The number of carbonyl (C=O) groups is 3. The lowest BCUT2D eigenvalue weighted by atomic mass is 10.1. The number of hydrogen-bond donors (Lipinski definition) is 2. The summed E-state index contributed by atoms with van der Waals surface area (Å²) in [5.74, 6) is -1.40. The highest BCUT2D eigenvalue weighted by Gasteiger charge is 2.29. The molecule has 1 aliphatic rings. The molecule has 0 spiro atoms. The monoisotopic (exact) mass is 247 g/mol. The molecule has 0 saturated carbocycles. The average molecular weight is 247 g/mol. The van der Waals surface area contributed by atoms with Gasteiger partial charge in [0, 0.05) is 0 Å². The molecule has 1 heterocycles. The van der Waals surface area contributed by atoms with Crippen molar-refractivity contribution in [1.82, 2.24) is 10.2 Å². The van der Waals surface area contributed by atoms with Crippen LogP contribution in [0.4, 0.5) is 0 Å². The predicted molar refractivity (Wildman–Crippen MR) is 63.1 cm³/mol. The SMILES string of the molecule is NC(C(=O)N1CC(=O)NC(=O)C1)c1ccccc1. The summed E-state index contributed by atoms with van der Waals surface area (Å²) in [6.07, 6.45) is 0. The third kappa shape index (κ3) is 2.54. The van der Waals surface area contributed by atoms with Gasteiger partial charge in [0.2, 0.25) is 17.7 Å². The number of nitrogens with two attached hydrogens (primary N) is 1. The molecule has 1 saturated heterocycles. The molecule has 1 aliphatic heterocycles. The van der Waals surface area contributed by atoms with Gasteiger partial charge in [-0.05, 0) is 5.56 Å². The van der Waals surface area contributed by atoms with Gasteiger partial charge >= 0.3 is 0 Å². The number of nitrogens with zero attached hydrogens (tertiary/aromatic N) is 1. The Morgan fingerprint density at radius 1 is 1.17 bits per heavy atom. The molecule has 0 aliphatic carbocycles. The molecule has 94 valence electrons. The van der Waals surface area contributed by atoms with E-state index in [0.717, 1.165) is 0 Å². The van der Waals surface area contributed by atoms with Gasteiger partial charge in [0.05, 0.1) is 0 Å². The highest BCUT2D eigenvalue weighted by Crippen LogP contribution is 2.13. The summed E-state index contributed by atoms with van der Waals surface area (Å²) in [5, 5.41) is 2.13. The average Bonchev–Trinajstić information content (AvgIpc) is 2.37. The molecule has 0 radical (unpaired) electrons. The van der Waals surface area contributed by atoms with E-state index in [2.05, 4.69) is 5.32 Å². The van der Waals surface area contributed by atoms with Gasteiger partial charge in [-0.1, -0.05) is 30.3 Å². The van der Waals surface area contributed by atoms with E-state index < -0.39 is 23.8 Å². The maximum absolute atomic E-state index is 12.1. The Morgan fingerprint density at radius 3 is 2.28 bits per heavy atom. The second-order valence-corrected chi connectivity index (χ2v) is 4.05. The highest BCUT2D eigenvalue weighted by atomic mass is 16.2. The first-order valence-corrected chi connectivity index (χ1v) is 5.50. The van der Waals surface area contributed by atoms with Crippen LogP contribution in [-0.4, -0.2) is 35.7 Å². The number of hydrogen-bond acceptors (Lipinski definition) is 4. The largest absolute Gasteiger partial charge is 0.322 e. The fraction of sp³-hybridized carbons (Fsp3) is 0.250. The summed E-state index contributed by atoms with van der Waals surface area (Å²) in [6, 6.07) is 7.97. The van der Waals surface area contributed by atoms with Gasteiger partial charge in [0.25, 0.3) is 0 Å². The van der Waals surface area contributed by atoms with E-state index in [9.17, 15) is 14.4 Å². The standard InChI is InChI=1S/C12H13N3O3/c13-11(8-4-2-1-3-5-8)12(18)15-6-9(16)14-10(17)7-15/h1-5,11H,6-7,13H2,(H,14,16,17). The van der Waals surface area contributed by atoms with Crippen LogP contribution in [0.5, 0.6) is 0 Å². The lowest BCUT2D eigenvalue weighted by Crippen LogP contribution is -2.55. The van der Waals surface area contributed by atoms with Crippen LogP contribution in [0.15, 0.2) is 30.3 Å². The van der Waals surface area contributed by atoms with Crippen molar-refractivity contribution in [3.05, 3.63) is 35.9 Å². The van der Waals surface area contributed by atoms with Gasteiger partial charge in [-0.25, -0.2) is 0 Å². The number of nitrogens with one attached hydrogen (secondary N) is 1. The number of benzene rings is 1. The van der Waals surface area contributed by atoms with Gasteiger partial charge < -0.3 is 10.6 Å². The van der Waals surface area contributed by atoms with Crippen LogP contribution in [0.1, 0.15) is 11.6 Å². The van der Waals surface area contributed by atoms with E-state index in [1.54, 1.807) is 24.3 Å². The van der Waals surface area contributed by atoms with E-state index in [0.29, 0.717) is 5.56 Å². The quantitative estimate of drug-likeness (QED) is 0.667. The van der Waals surface area contributed by atoms with Gasteiger partial charge in [0.1, 0.15) is 19.1 Å². The lowest BCUT2D eigenvalue weighted by Gasteiger charge is -2.27. The van der Waals surface area contributed by atoms with E-state index in [1.165, 1.54) is 4.90 Å². The third-order valence-electron chi connectivity index (χ3n) is 2.68. The molecule has 1 aromatic carbocycles. The number of rotatable bonds is 2. The number of imide groups is 1. The Hall–Kier alpha value is -2.21. The minimum Gasteiger partial charge on any atom is -0.322 e. The van der Waals surface area contributed by atoms with Crippen molar-refractivity contribution in [2.45, 2.75) is 6.04 Å². The van der Waals surface area contributed by atoms with Crippen LogP contribution >= 0.6 is 0 Å². The van der Waals surface area contributed by atoms with Gasteiger partial charge in [-0.15, -0.1) is 0 Å². The Morgan fingerprint density at radius 2 is 1.72 bits per heavy atom. The molecular weight excluding hydrogens is 234 g/mol. The van der Waals surface area contributed by atoms with Crippen LogP contribution in [-0.2, 0) is 14.4 Å². The Bertz CT molecular complexity index is 471. The molecule has 1 fully saturated rings. The Balaban J connectivity index is 2.11. The molecule has 18 heavy (non-hydrogen) atoms. The first-order chi connectivity index (χ1) is 8.58. The summed E-state index contributed by atoms with van der Waals surface area (Å²) >= 11 is 0. The van der Waals surface area contributed by atoms with Crippen molar-refractivity contribution in [3.8, 4) is 0 Å². The number of carbonyl (C=O) groups excluding carboxylic acids is 3. The summed E-state index contributed by atoms with van der Waals surface area (Å²) in [5.41, 5.74) is 6.48. The normalized spacial score (nSPS) is 17.3. The van der Waals surface area contributed by atoms with Crippen LogP contribution in [0.3, 0.4) is 0 Å². The smallest absolute Gasteiger partial charge is 0.246 e. The maximum Gasteiger partial charge on any atom is 0.246 e. The van der Waals surface area contributed by atoms with Crippen LogP contribution in [0.2, 0.25) is 0 Å². The van der Waals surface area contributed by atoms with Crippen LogP contribution < -0.4 is 11.1 Å². The minimum absolute atomic E-state index is 0.134. The topological polar surface area (TPSA) is 92.5 Å². The minimum atomic E-state index is -0.857. The molecule has 1 atom stereocenters.